The van der Waals surface area contributed by atoms with Gasteiger partial charge in [0, 0.05) is 0 Å². The predicted octanol–water partition coefficient (Wildman–Crippen LogP) is 3.45. The van der Waals surface area contributed by atoms with E-state index in [9.17, 15) is 9.59 Å². The maximum atomic E-state index is 13.0. The first-order valence-electron chi connectivity index (χ1n) is 8.43. The highest BCUT2D eigenvalue weighted by Gasteiger charge is 2.31. The van der Waals surface area contributed by atoms with Crippen molar-refractivity contribution in [2.24, 2.45) is 0 Å². The lowest BCUT2D eigenvalue weighted by atomic mass is 10.1. The molecule has 0 saturated heterocycles. The van der Waals surface area contributed by atoms with Crippen molar-refractivity contribution < 1.29 is 14.3 Å². The molecule has 25 heavy (non-hydrogen) atoms. The molecule has 0 unspecified atom stereocenters. The second-order valence-corrected chi connectivity index (χ2v) is 6.25. The Bertz CT molecular complexity index is 816. The van der Waals surface area contributed by atoms with E-state index in [0.717, 1.165) is 5.56 Å². The van der Waals surface area contributed by atoms with Gasteiger partial charge in [-0.3, -0.25) is 14.5 Å². The Morgan fingerprint density at radius 2 is 1.96 bits per heavy atom. The SMILES string of the molecule is CC[C@@H](Oc1ccc(C)c(C)c1)C(=O)N1CC(=O)Nc2ccccc21. The van der Waals surface area contributed by atoms with Gasteiger partial charge >= 0.3 is 0 Å². The number of ether oxygens (including phenoxy) is 1. The molecule has 1 atom stereocenters. The molecule has 1 aliphatic heterocycles. The maximum Gasteiger partial charge on any atom is 0.268 e. The number of aryl methyl sites for hydroxylation is 2. The van der Waals surface area contributed by atoms with Gasteiger partial charge in [-0.15, -0.1) is 0 Å². The van der Waals surface area contributed by atoms with Crippen molar-refractivity contribution in [3.63, 3.8) is 0 Å². The van der Waals surface area contributed by atoms with Gasteiger partial charge in [-0.2, -0.15) is 0 Å². The Kier molecular flexibility index (Phi) is 4.74. The normalized spacial score (nSPS) is 14.5. The standard InChI is InChI=1S/C20H22N2O3/c1-4-18(25-15-10-9-13(2)14(3)11-15)20(24)22-12-19(23)21-16-7-5-6-8-17(16)22/h5-11,18H,4,12H2,1-3H3,(H,21,23)/t18-/m1/s1. The Morgan fingerprint density at radius 3 is 2.68 bits per heavy atom. The zero-order valence-electron chi connectivity index (χ0n) is 14.7. The highest BCUT2D eigenvalue weighted by molar-refractivity contribution is 6.11. The fourth-order valence-corrected chi connectivity index (χ4v) is 2.86. The molecular weight excluding hydrogens is 316 g/mol. The number of benzene rings is 2. The van der Waals surface area contributed by atoms with Crippen molar-refractivity contribution in [2.45, 2.75) is 33.3 Å². The van der Waals surface area contributed by atoms with Gasteiger partial charge in [-0.25, -0.2) is 0 Å². The third-order valence-corrected chi connectivity index (χ3v) is 4.44. The van der Waals surface area contributed by atoms with Crippen molar-refractivity contribution in [3.05, 3.63) is 53.6 Å². The van der Waals surface area contributed by atoms with Crippen LogP contribution >= 0.6 is 0 Å². The van der Waals surface area contributed by atoms with E-state index in [2.05, 4.69) is 5.32 Å². The summed E-state index contributed by atoms with van der Waals surface area (Å²) < 4.78 is 5.94. The second kappa shape index (κ2) is 6.97. The molecule has 0 radical (unpaired) electrons. The van der Waals surface area contributed by atoms with E-state index in [0.29, 0.717) is 23.5 Å². The largest absolute Gasteiger partial charge is 0.481 e. The van der Waals surface area contributed by atoms with Crippen LogP contribution in [0.15, 0.2) is 42.5 Å². The number of para-hydroxylation sites is 2. The molecule has 1 N–H and O–H groups in total. The summed E-state index contributed by atoms with van der Waals surface area (Å²) in [6, 6.07) is 13.1. The van der Waals surface area contributed by atoms with Gasteiger partial charge in [-0.1, -0.05) is 25.1 Å². The zero-order valence-corrected chi connectivity index (χ0v) is 14.7. The number of hydrogen-bond donors (Lipinski definition) is 1. The van der Waals surface area contributed by atoms with Gasteiger partial charge in [0.1, 0.15) is 12.3 Å². The van der Waals surface area contributed by atoms with Crippen molar-refractivity contribution in [3.8, 4) is 5.75 Å². The van der Waals surface area contributed by atoms with E-state index in [4.69, 9.17) is 4.74 Å². The molecule has 0 aromatic heterocycles. The average Bonchev–Trinajstić information content (AvgIpc) is 2.61. The van der Waals surface area contributed by atoms with Crippen LogP contribution in [0.5, 0.6) is 5.75 Å². The van der Waals surface area contributed by atoms with E-state index in [-0.39, 0.29) is 18.4 Å². The number of nitrogens with one attached hydrogen (secondary N) is 1. The third-order valence-electron chi connectivity index (χ3n) is 4.44. The van der Waals surface area contributed by atoms with Gasteiger partial charge in [0.2, 0.25) is 5.91 Å². The predicted molar refractivity (Wildman–Crippen MR) is 98.0 cm³/mol. The number of anilines is 2. The summed E-state index contributed by atoms with van der Waals surface area (Å²) in [5.74, 6) is 0.258. The summed E-state index contributed by atoms with van der Waals surface area (Å²) in [4.78, 5) is 26.5. The first-order valence-corrected chi connectivity index (χ1v) is 8.43. The summed E-state index contributed by atoms with van der Waals surface area (Å²) >= 11 is 0. The second-order valence-electron chi connectivity index (χ2n) is 6.25. The number of carbonyl (C=O) groups is 2. The molecule has 0 saturated carbocycles. The van der Waals surface area contributed by atoms with Crippen LogP contribution in [0.4, 0.5) is 11.4 Å². The summed E-state index contributed by atoms with van der Waals surface area (Å²) in [6.45, 7) is 5.95. The lowest BCUT2D eigenvalue weighted by Gasteiger charge is -2.31. The molecule has 5 nitrogen and oxygen atoms in total. The number of fused-ring (bicyclic) bond motifs is 1. The zero-order chi connectivity index (χ0) is 18.0. The molecular formula is C20H22N2O3. The Morgan fingerprint density at radius 1 is 1.20 bits per heavy atom. The molecule has 2 amide bonds. The average molecular weight is 338 g/mol. The molecule has 5 heteroatoms. The van der Waals surface area contributed by atoms with E-state index in [1.807, 2.05) is 57.2 Å². The summed E-state index contributed by atoms with van der Waals surface area (Å²) in [5, 5.41) is 2.79. The molecule has 0 bridgehead atoms. The van der Waals surface area contributed by atoms with Crippen LogP contribution in [0, 0.1) is 13.8 Å². The van der Waals surface area contributed by atoms with Crippen LogP contribution in [0.25, 0.3) is 0 Å². The lowest BCUT2D eigenvalue weighted by Crippen LogP contribution is -2.48. The van der Waals surface area contributed by atoms with E-state index >= 15 is 0 Å². The molecule has 130 valence electrons. The number of amides is 2. The van der Waals surface area contributed by atoms with Crippen molar-refractivity contribution >= 4 is 23.2 Å². The topological polar surface area (TPSA) is 58.6 Å². The van der Waals surface area contributed by atoms with Crippen LogP contribution in [0.2, 0.25) is 0 Å². The number of rotatable bonds is 4. The van der Waals surface area contributed by atoms with Gasteiger partial charge in [0.05, 0.1) is 11.4 Å². The van der Waals surface area contributed by atoms with Crippen molar-refractivity contribution in [1.82, 2.24) is 0 Å². The molecule has 3 rings (SSSR count). The number of hydrogen-bond acceptors (Lipinski definition) is 3. The van der Waals surface area contributed by atoms with Crippen LogP contribution in [0.3, 0.4) is 0 Å². The van der Waals surface area contributed by atoms with Gasteiger partial charge in [-0.05, 0) is 55.7 Å². The van der Waals surface area contributed by atoms with Gasteiger partial charge in [0.25, 0.3) is 5.91 Å². The van der Waals surface area contributed by atoms with Crippen LogP contribution < -0.4 is 15.0 Å². The number of nitrogens with zero attached hydrogens (tertiary/aromatic N) is 1. The van der Waals surface area contributed by atoms with Crippen LogP contribution in [-0.2, 0) is 9.59 Å². The minimum atomic E-state index is -0.638. The smallest absolute Gasteiger partial charge is 0.268 e. The third kappa shape index (κ3) is 3.50. The van der Waals surface area contributed by atoms with E-state index in [1.54, 1.807) is 6.07 Å². The highest BCUT2D eigenvalue weighted by Crippen LogP contribution is 2.30. The molecule has 0 fully saturated rings. The Hall–Kier alpha value is -2.82. The molecule has 0 spiro atoms. The van der Waals surface area contributed by atoms with E-state index < -0.39 is 6.10 Å². The number of carbonyl (C=O) groups excluding carboxylic acids is 2. The quantitative estimate of drug-likeness (QED) is 0.929. The first kappa shape index (κ1) is 17.0. The van der Waals surface area contributed by atoms with Gasteiger partial charge in [0.15, 0.2) is 6.10 Å². The molecule has 1 heterocycles. The first-order chi connectivity index (χ1) is 12.0. The highest BCUT2D eigenvalue weighted by atomic mass is 16.5. The van der Waals surface area contributed by atoms with Crippen molar-refractivity contribution in [2.75, 3.05) is 16.8 Å². The Balaban J connectivity index is 1.85. The van der Waals surface area contributed by atoms with Crippen LogP contribution in [0.1, 0.15) is 24.5 Å². The van der Waals surface area contributed by atoms with Crippen molar-refractivity contribution in [1.29, 1.82) is 0 Å². The Labute approximate surface area is 147 Å². The lowest BCUT2D eigenvalue weighted by molar-refractivity contribution is -0.127. The van der Waals surface area contributed by atoms with Crippen LogP contribution in [-0.4, -0.2) is 24.5 Å². The summed E-state index contributed by atoms with van der Waals surface area (Å²) in [5.41, 5.74) is 3.64. The minimum absolute atomic E-state index is 0.00261. The van der Waals surface area contributed by atoms with Gasteiger partial charge < -0.3 is 10.1 Å². The molecule has 1 aliphatic rings. The van der Waals surface area contributed by atoms with E-state index in [1.165, 1.54) is 10.5 Å². The molecule has 2 aromatic rings. The fourth-order valence-electron chi connectivity index (χ4n) is 2.86. The monoisotopic (exact) mass is 338 g/mol. The molecule has 2 aromatic carbocycles. The maximum absolute atomic E-state index is 13.0. The minimum Gasteiger partial charge on any atom is -0.481 e. The molecule has 0 aliphatic carbocycles. The summed E-state index contributed by atoms with van der Waals surface area (Å²) in [7, 11) is 0. The fraction of sp³-hybridized carbons (Fsp3) is 0.300. The summed E-state index contributed by atoms with van der Waals surface area (Å²) in [6.07, 6.45) is -0.118.